The molecule has 0 spiro atoms. The lowest BCUT2D eigenvalue weighted by atomic mass is 10.1. The molecule has 1 rings (SSSR count). The maximum absolute atomic E-state index is 10.5. The minimum absolute atomic E-state index is 0.190. The third kappa shape index (κ3) is 7.36. The van der Waals surface area contributed by atoms with Crippen LogP contribution in [0.25, 0.3) is 0 Å². The Kier molecular flexibility index (Phi) is 9.15. The molecule has 0 aliphatic rings. The molecule has 1 aromatic rings. The molecule has 0 fully saturated rings. The van der Waals surface area contributed by atoms with Crippen molar-refractivity contribution in [3.8, 4) is 0 Å². The van der Waals surface area contributed by atoms with Gasteiger partial charge in [-0.3, -0.25) is 4.79 Å². The SMILES string of the molecule is NCCCCC(N)C(=O)O.O=C(O)c1ccccc1C(=O)O. The van der Waals surface area contributed by atoms with Crippen LogP contribution in [-0.4, -0.2) is 45.8 Å². The number of carboxylic acids is 3. The summed E-state index contributed by atoms with van der Waals surface area (Å²) in [6.45, 7) is 0.604. The second-order valence-corrected chi connectivity index (χ2v) is 4.39. The van der Waals surface area contributed by atoms with Gasteiger partial charge in [0, 0.05) is 0 Å². The quantitative estimate of drug-likeness (QED) is 0.457. The molecule has 1 unspecified atom stereocenters. The molecule has 122 valence electrons. The van der Waals surface area contributed by atoms with Gasteiger partial charge in [0.2, 0.25) is 0 Å². The van der Waals surface area contributed by atoms with Gasteiger partial charge in [-0.25, -0.2) is 9.59 Å². The number of hydrogen-bond acceptors (Lipinski definition) is 5. The number of nitrogens with two attached hydrogens (primary N) is 2. The molecule has 0 aliphatic carbocycles. The van der Waals surface area contributed by atoms with Crippen LogP contribution in [-0.2, 0) is 4.79 Å². The molecule has 1 aromatic carbocycles. The first-order valence-electron chi connectivity index (χ1n) is 6.55. The Labute approximate surface area is 127 Å². The monoisotopic (exact) mass is 312 g/mol. The molecular weight excluding hydrogens is 292 g/mol. The lowest BCUT2D eigenvalue weighted by Gasteiger charge is -2.03. The highest BCUT2D eigenvalue weighted by molar-refractivity contribution is 6.01. The van der Waals surface area contributed by atoms with E-state index in [2.05, 4.69) is 0 Å². The molecule has 0 aliphatic heterocycles. The van der Waals surface area contributed by atoms with Crippen LogP contribution in [0.2, 0.25) is 0 Å². The highest BCUT2D eigenvalue weighted by atomic mass is 16.4. The van der Waals surface area contributed by atoms with Crippen molar-refractivity contribution in [2.75, 3.05) is 6.54 Å². The van der Waals surface area contributed by atoms with E-state index in [1.54, 1.807) is 0 Å². The van der Waals surface area contributed by atoms with Gasteiger partial charge in [-0.1, -0.05) is 18.6 Å². The number of unbranched alkanes of at least 4 members (excludes halogenated alkanes) is 1. The summed E-state index contributed by atoms with van der Waals surface area (Å²) in [6, 6.07) is 4.76. The van der Waals surface area contributed by atoms with Crippen LogP contribution >= 0.6 is 0 Å². The van der Waals surface area contributed by atoms with Gasteiger partial charge in [0.1, 0.15) is 6.04 Å². The number of carboxylic acid groups (broad SMARTS) is 3. The molecule has 7 N–H and O–H groups in total. The second kappa shape index (κ2) is 10.3. The summed E-state index contributed by atoms with van der Waals surface area (Å²) >= 11 is 0. The van der Waals surface area contributed by atoms with Crippen molar-refractivity contribution in [3.63, 3.8) is 0 Å². The Morgan fingerprint density at radius 2 is 1.41 bits per heavy atom. The lowest BCUT2D eigenvalue weighted by Crippen LogP contribution is -2.29. The van der Waals surface area contributed by atoms with Crippen LogP contribution in [0.15, 0.2) is 24.3 Å². The summed E-state index contributed by atoms with van der Waals surface area (Å²) < 4.78 is 0. The first kappa shape index (κ1) is 19.6. The maximum Gasteiger partial charge on any atom is 0.336 e. The standard InChI is InChI=1S/C8H6O4.C6H14N2O2/c9-7(10)5-3-1-2-4-6(5)8(11)12;7-4-2-1-3-5(8)6(9)10/h1-4H,(H,9,10)(H,11,12);5H,1-4,7-8H2,(H,9,10). The molecule has 0 saturated heterocycles. The van der Waals surface area contributed by atoms with E-state index in [9.17, 15) is 14.4 Å². The van der Waals surface area contributed by atoms with Crippen molar-refractivity contribution >= 4 is 17.9 Å². The van der Waals surface area contributed by atoms with E-state index < -0.39 is 23.9 Å². The fraction of sp³-hybridized carbons (Fsp3) is 0.357. The third-order valence-corrected chi connectivity index (χ3v) is 2.67. The minimum Gasteiger partial charge on any atom is -0.480 e. The van der Waals surface area contributed by atoms with E-state index in [4.69, 9.17) is 26.8 Å². The average Bonchev–Trinajstić information content (AvgIpc) is 2.47. The molecule has 0 aromatic heterocycles. The Balaban J connectivity index is 0.000000409. The van der Waals surface area contributed by atoms with Crippen LogP contribution in [0.4, 0.5) is 0 Å². The largest absolute Gasteiger partial charge is 0.480 e. The van der Waals surface area contributed by atoms with Crippen molar-refractivity contribution in [1.29, 1.82) is 0 Å². The number of aromatic carboxylic acids is 2. The van der Waals surface area contributed by atoms with Gasteiger partial charge in [-0.15, -0.1) is 0 Å². The second-order valence-electron chi connectivity index (χ2n) is 4.39. The van der Waals surface area contributed by atoms with Crippen LogP contribution in [0, 0.1) is 0 Å². The zero-order chi connectivity index (χ0) is 17.1. The summed E-state index contributed by atoms with van der Waals surface area (Å²) in [7, 11) is 0. The summed E-state index contributed by atoms with van der Waals surface area (Å²) in [5.41, 5.74) is 10.0. The summed E-state index contributed by atoms with van der Waals surface area (Å²) in [5.74, 6) is -3.39. The molecule has 0 saturated carbocycles. The molecule has 8 nitrogen and oxygen atoms in total. The van der Waals surface area contributed by atoms with Gasteiger partial charge >= 0.3 is 17.9 Å². The molecule has 0 radical (unpaired) electrons. The smallest absolute Gasteiger partial charge is 0.336 e. The number of hydrogen-bond donors (Lipinski definition) is 5. The Bertz CT molecular complexity index is 485. The van der Waals surface area contributed by atoms with Crippen LogP contribution in [0.5, 0.6) is 0 Å². The number of carbonyl (C=O) groups is 3. The van der Waals surface area contributed by atoms with E-state index in [-0.39, 0.29) is 11.1 Å². The molecule has 22 heavy (non-hydrogen) atoms. The molecule has 0 bridgehead atoms. The predicted molar refractivity (Wildman–Crippen MR) is 78.9 cm³/mol. The lowest BCUT2D eigenvalue weighted by molar-refractivity contribution is -0.138. The summed E-state index contributed by atoms with van der Waals surface area (Å²) in [4.78, 5) is 31.1. The van der Waals surface area contributed by atoms with Gasteiger partial charge in [0.15, 0.2) is 0 Å². The van der Waals surface area contributed by atoms with Gasteiger partial charge in [0.05, 0.1) is 11.1 Å². The van der Waals surface area contributed by atoms with Gasteiger partial charge in [-0.2, -0.15) is 0 Å². The predicted octanol–water partition coefficient (Wildman–Crippen LogP) is 0.610. The van der Waals surface area contributed by atoms with Crippen LogP contribution < -0.4 is 11.5 Å². The van der Waals surface area contributed by atoms with Gasteiger partial charge in [-0.05, 0) is 31.5 Å². The van der Waals surface area contributed by atoms with Crippen molar-refractivity contribution in [1.82, 2.24) is 0 Å². The van der Waals surface area contributed by atoms with Crippen LogP contribution in [0.1, 0.15) is 40.0 Å². The molecule has 0 amide bonds. The van der Waals surface area contributed by atoms with E-state index in [1.165, 1.54) is 24.3 Å². The van der Waals surface area contributed by atoms with Crippen LogP contribution in [0.3, 0.4) is 0 Å². The normalized spacial score (nSPS) is 11.0. The molecular formula is C14H20N2O6. The van der Waals surface area contributed by atoms with Gasteiger partial charge < -0.3 is 26.8 Å². The number of rotatable bonds is 7. The first-order valence-corrected chi connectivity index (χ1v) is 6.55. The summed E-state index contributed by atoms with van der Waals surface area (Å²) in [5, 5.41) is 25.4. The number of benzene rings is 1. The van der Waals surface area contributed by atoms with E-state index in [1.807, 2.05) is 0 Å². The zero-order valence-corrected chi connectivity index (χ0v) is 11.9. The van der Waals surface area contributed by atoms with Crippen molar-refractivity contribution < 1.29 is 29.7 Å². The molecule has 0 heterocycles. The maximum atomic E-state index is 10.5. The van der Waals surface area contributed by atoms with Crippen molar-refractivity contribution in [3.05, 3.63) is 35.4 Å². The van der Waals surface area contributed by atoms with Gasteiger partial charge in [0.25, 0.3) is 0 Å². The molecule has 1 atom stereocenters. The first-order chi connectivity index (χ1) is 10.3. The van der Waals surface area contributed by atoms with Crippen molar-refractivity contribution in [2.24, 2.45) is 11.5 Å². The Morgan fingerprint density at radius 3 is 1.73 bits per heavy atom. The average molecular weight is 312 g/mol. The Hall–Kier alpha value is -2.45. The van der Waals surface area contributed by atoms with E-state index >= 15 is 0 Å². The number of aliphatic carboxylic acids is 1. The fourth-order valence-electron chi connectivity index (χ4n) is 1.49. The topological polar surface area (TPSA) is 164 Å². The molecule has 8 heteroatoms. The Morgan fingerprint density at radius 1 is 0.955 bits per heavy atom. The van der Waals surface area contributed by atoms with E-state index in [0.717, 1.165) is 12.8 Å². The summed E-state index contributed by atoms with van der Waals surface area (Å²) in [6.07, 6.45) is 2.16. The third-order valence-electron chi connectivity index (χ3n) is 2.67. The highest BCUT2D eigenvalue weighted by Gasteiger charge is 2.13. The van der Waals surface area contributed by atoms with Crippen molar-refractivity contribution in [2.45, 2.75) is 25.3 Å². The van der Waals surface area contributed by atoms with E-state index in [0.29, 0.717) is 13.0 Å². The zero-order valence-electron chi connectivity index (χ0n) is 11.9. The highest BCUT2D eigenvalue weighted by Crippen LogP contribution is 2.07. The minimum atomic E-state index is -1.23. The fourth-order valence-corrected chi connectivity index (χ4v) is 1.49.